The fourth-order valence-corrected chi connectivity index (χ4v) is 3.72. The molecule has 0 radical (unpaired) electrons. The highest BCUT2D eigenvalue weighted by atomic mass is 16.6. The molecular weight excluding hydrogens is 356 g/mol. The number of likely N-dealkylation sites (tertiary alicyclic amines) is 1. The molecule has 2 aromatic rings. The lowest BCUT2D eigenvalue weighted by atomic mass is 10.0. The maximum Gasteiger partial charge on any atom is 0.409 e. The van der Waals surface area contributed by atoms with E-state index in [4.69, 9.17) is 14.7 Å². The average molecular weight is 382 g/mol. The summed E-state index contributed by atoms with van der Waals surface area (Å²) in [5.74, 6) is 1.61. The molecule has 148 valence electrons. The van der Waals surface area contributed by atoms with Crippen LogP contribution in [0, 0.1) is 0 Å². The number of amides is 1. The molecule has 1 amide bonds. The van der Waals surface area contributed by atoms with Gasteiger partial charge in [-0.3, -0.25) is 4.98 Å². The van der Waals surface area contributed by atoms with Gasteiger partial charge in [0.15, 0.2) is 5.82 Å². The average Bonchev–Trinajstić information content (AvgIpc) is 2.75. The third-order valence-electron chi connectivity index (χ3n) is 5.22. The highest BCUT2D eigenvalue weighted by Gasteiger charge is 2.26. The van der Waals surface area contributed by atoms with E-state index in [1.165, 1.54) is 5.56 Å². The first-order chi connectivity index (χ1) is 13.7. The molecule has 2 aliphatic rings. The number of pyridine rings is 1. The summed E-state index contributed by atoms with van der Waals surface area (Å²) < 4.78 is 5.11. The van der Waals surface area contributed by atoms with Gasteiger partial charge in [-0.1, -0.05) is 0 Å². The third kappa shape index (κ3) is 4.06. The Labute approximate surface area is 164 Å². The third-order valence-corrected chi connectivity index (χ3v) is 5.22. The first-order valence-corrected chi connectivity index (χ1v) is 9.93. The predicted octanol–water partition coefficient (Wildman–Crippen LogP) is 2.22. The van der Waals surface area contributed by atoms with Gasteiger partial charge in [0, 0.05) is 49.2 Å². The number of ether oxygens (including phenoxy) is 1. The molecule has 0 aromatic carbocycles. The maximum absolute atomic E-state index is 11.9. The van der Waals surface area contributed by atoms with E-state index in [1.54, 1.807) is 17.3 Å². The highest BCUT2D eigenvalue weighted by molar-refractivity contribution is 5.67. The number of carbonyl (C=O) groups excluding carboxylic acids is 1. The fourth-order valence-electron chi connectivity index (χ4n) is 3.72. The van der Waals surface area contributed by atoms with Gasteiger partial charge in [-0.25, -0.2) is 14.8 Å². The van der Waals surface area contributed by atoms with Crippen molar-refractivity contribution < 1.29 is 9.53 Å². The quantitative estimate of drug-likeness (QED) is 0.837. The van der Waals surface area contributed by atoms with E-state index >= 15 is 0 Å². The topological polar surface area (TPSA) is 92.3 Å². The Hall–Kier alpha value is -2.74. The van der Waals surface area contributed by atoms with Crippen LogP contribution in [0.3, 0.4) is 0 Å². The number of hydrogen-bond acceptors (Lipinski definition) is 7. The van der Waals surface area contributed by atoms with Gasteiger partial charge in [-0.05, 0) is 44.9 Å². The van der Waals surface area contributed by atoms with Gasteiger partial charge in [0.05, 0.1) is 12.3 Å². The summed E-state index contributed by atoms with van der Waals surface area (Å²) in [6.45, 7) is 5.32. The van der Waals surface area contributed by atoms with E-state index in [-0.39, 0.29) is 12.1 Å². The molecule has 0 aliphatic carbocycles. The predicted molar refractivity (Wildman–Crippen MR) is 106 cm³/mol. The maximum atomic E-state index is 11.9. The SMILES string of the molecule is CCOC(=O)N1CCC(Nc2nc(-c3cccnc3)nc3c2CCNC3)CC1. The summed E-state index contributed by atoms with van der Waals surface area (Å²) >= 11 is 0. The van der Waals surface area contributed by atoms with Gasteiger partial charge >= 0.3 is 6.09 Å². The van der Waals surface area contributed by atoms with E-state index in [9.17, 15) is 4.79 Å². The van der Waals surface area contributed by atoms with Crippen molar-refractivity contribution in [1.82, 2.24) is 25.2 Å². The number of rotatable bonds is 4. The van der Waals surface area contributed by atoms with Crippen LogP contribution in [0.1, 0.15) is 31.0 Å². The standard InChI is InChI=1S/C20H26N6O2/c1-2-28-20(27)26-10-6-15(7-11-26)23-19-16-5-9-22-13-17(16)24-18(25-19)14-4-3-8-21-12-14/h3-4,8,12,15,22H,2,5-7,9-11,13H2,1H3,(H,23,24,25). The van der Waals surface area contributed by atoms with Gasteiger partial charge in [-0.2, -0.15) is 0 Å². The normalized spacial score (nSPS) is 17.1. The fraction of sp³-hybridized carbons (Fsp3) is 0.500. The Morgan fingerprint density at radius 3 is 2.96 bits per heavy atom. The molecule has 2 N–H and O–H groups in total. The summed E-state index contributed by atoms with van der Waals surface area (Å²) in [6.07, 6.45) is 5.98. The lowest BCUT2D eigenvalue weighted by Crippen LogP contribution is -2.43. The van der Waals surface area contributed by atoms with E-state index in [0.29, 0.717) is 25.5 Å². The van der Waals surface area contributed by atoms with Crippen LogP contribution in [-0.4, -0.2) is 58.2 Å². The number of nitrogens with one attached hydrogen (secondary N) is 2. The monoisotopic (exact) mass is 382 g/mol. The number of fused-ring (bicyclic) bond motifs is 1. The minimum Gasteiger partial charge on any atom is -0.450 e. The molecule has 4 rings (SSSR count). The van der Waals surface area contributed by atoms with E-state index in [2.05, 4.69) is 15.6 Å². The molecule has 2 aromatic heterocycles. The van der Waals surface area contributed by atoms with Crippen molar-refractivity contribution in [3.05, 3.63) is 35.8 Å². The summed E-state index contributed by atoms with van der Waals surface area (Å²) in [5, 5.41) is 7.02. The van der Waals surface area contributed by atoms with Gasteiger partial charge < -0.3 is 20.3 Å². The van der Waals surface area contributed by atoms with Crippen molar-refractivity contribution in [2.24, 2.45) is 0 Å². The molecule has 2 aliphatic heterocycles. The van der Waals surface area contributed by atoms with Crippen molar-refractivity contribution in [2.45, 2.75) is 38.8 Å². The van der Waals surface area contributed by atoms with E-state index in [1.807, 2.05) is 19.1 Å². The van der Waals surface area contributed by atoms with Crippen LogP contribution in [0.5, 0.6) is 0 Å². The van der Waals surface area contributed by atoms with Crippen LogP contribution in [-0.2, 0) is 17.7 Å². The van der Waals surface area contributed by atoms with Crippen molar-refractivity contribution >= 4 is 11.9 Å². The minimum absolute atomic E-state index is 0.217. The van der Waals surface area contributed by atoms with Crippen LogP contribution in [0.25, 0.3) is 11.4 Å². The molecule has 1 fully saturated rings. The lowest BCUT2D eigenvalue weighted by molar-refractivity contribution is 0.0983. The summed E-state index contributed by atoms with van der Waals surface area (Å²) in [6, 6.07) is 4.16. The number of anilines is 1. The second-order valence-corrected chi connectivity index (χ2v) is 7.09. The number of nitrogens with zero attached hydrogens (tertiary/aromatic N) is 4. The Bertz CT molecular complexity index is 821. The second-order valence-electron chi connectivity index (χ2n) is 7.09. The smallest absolute Gasteiger partial charge is 0.409 e. The largest absolute Gasteiger partial charge is 0.450 e. The van der Waals surface area contributed by atoms with Crippen molar-refractivity contribution in [1.29, 1.82) is 0 Å². The molecular formula is C20H26N6O2. The zero-order valence-electron chi connectivity index (χ0n) is 16.1. The van der Waals surface area contributed by atoms with Crippen molar-refractivity contribution in [3.8, 4) is 11.4 Å². The number of carbonyl (C=O) groups is 1. The van der Waals surface area contributed by atoms with Crippen LogP contribution in [0.2, 0.25) is 0 Å². The van der Waals surface area contributed by atoms with Gasteiger partial charge in [0.2, 0.25) is 0 Å². The van der Waals surface area contributed by atoms with Crippen LogP contribution in [0.15, 0.2) is 24.5 Å². The summed E-state index contributed by atoms with van der Waals surface area (Å²) in [4.78, 5) is 27.5. The van der Waals surface area contributed by atoms with Crippen molar-refractivity contribution in [3.63, 3.8) is 0 Å². The molecule has 8 nitrogen and oxygen atoms in total. The van der Waals surface area contributed by atoms with Crippen LogP contribution in [0.4, 0.5) is 10.6 Å². The second kappa shape index (κ2) is 8.52. The molecule has 0 unspecified atom stereocenters. The highest BCUT2D eigenvalue weighted by Crippen LogP contribution is 2.26. The Morgan fingerprint density at radius 1 is 1.36 bits per heavy atom. The van der Waals surface area contributed by atoms with E-state index in [0.717, 1.165) is 49.4 Å². The number of piperidine rings is 1. The molecule has 0 bridgehead atoms. The molecule has 1 saturated heterocycles. The summed E-state index contributed by atoms with van der Waals surface area (Å²) in [5.41, 5.74) is 3.15. The van der Waals surface area contributed by atoms with E-state index < -0.39 is 0 Å². The molecule has 0 saturated carbocycles. The zero-order chi connectivity index (χ0) is 19.3. The Kier molecular flexibility index (Phi) is 5.66. The molecule has 8 heteroatoms. The summed E-state index contributed by atoms with van der Waals surface area (Å²) in [7, 11) is 0. The van der Waals surface area contributed by atoms with Crippen molar-refractivity contribution in [2.75, 3.05) is 31.6 Å². The molecule has 4 heterocycles. The number of aromatic nitrogens is 3. The Morgan fingerprint density at radius 2 is 2.21 bits per heavy atom. The van der Waals surface area contributed by atoms with Gasteiger partial charge in [0.25, 0.3) is 0 Å². The zero-order valence-corrected chi connectivity index (χ0v) is 16.1. The lowest BCUT2D eigenvalue weighted by Gasteiger charge is -2.32. The molecule has 28 heavy (non-hydrogen) atoms. The van der Waals surface area contributed by atoms with Gasteiger partial charge in [-0.15, -0.1) is 0 Å². The molecule has 0 atom stereocenters. The minimum atomic E-state index is -0.217. The van der Waals surface area contributed by atoms with Crippen LogP contribution < -0.4 is 10.6 Å². The Balaban J connectivity index is 1.52. The first kappa shape index (κ1) is 18.6. The first-order valence-electron chi connectivity index (χ1n) is 9.93. The van der Waals surface area contributed by atoms with Crippen LogP contribution >= 0.6 is 0 Å². The van der Waals surface area contributed by atoms with Gasteiger partial charge in [0.1, 0.15) is 5.82 Å². The number of hydrogen-bond donors (Lipinski definition) is 2. The molecule has 0 spiro atoms.